The van der Waals surface area contributed by atoms with E-state index in [1.807, 2.05) is 0 Å². The number of carbonyl (C=O) groups is 2. The average molecular weight is 412 g/mol. The van der Waals surface area contributed by atoms with Crippen LogP contribution >= 0.6 is 11.6 Å². The van der Waals surface area contributed by atoms with Gasteiger partial charge in [-0.2, -0.15) is 0 Å². The van der Waals surface area contributed by atoms with E-state index in [4.69, 9.17) is 11.6 Å². The predicted molar refractivity (Wildman–Crippen MR) is 93.6 cm³/mol. The fourth-order valence-corrected chi connectivity index (χ4v) is 3.64. The Hall–Kier alpha value is -2.62. The van der Waals surface area contributed by atoms with E-state index >= 15 is 0 Å². The number of hydrogen-bond donors (Lipinski definition) is 0. The smallest absolute Gasteiger partial charge is 0.335 e. The van der Waals surface area contributed by atoms with E-state index in [0.717, 1.165) is 14.1 Å². The molecule has 2 aromatic rings. The van der Waals surface area contributed by atoms with E-state index in [9.17, 15) is 23.2 Å². The zero-order chi connectivity index (χ0) is 20.1. The third-order valence-corrected chi connectivity index (χ3v) is 5.17. The fraction of sp³-hybridized carbons (Fsp3) is 0.471. The number of alkyl halides is 2. The van der Waals surface area contributed by atoms with Crippen LogP contribution in [0.4, 0.5) is 8.78 Å². The van der Waals surface area contributed by atoms with Crippen LogP contribution in [-0.2, 0) is 11.3 Å². The van der Waals surface area contributed by atoms with Gasteiger partial charge < -0.3 is 4.90 Å². The minimum Gasteiger partial charge on any atom is -0.335 e. The number of ketones is 1. The van der Waals surface area contributed by atoms with Gasteiger partial charge in [-0.25, -0.2) is 18.3 Å². The van der Waals surface area contributed by atoms with Gasteiger partial charge in [0.15, 0.2) is 5.78 Å². The van der Waals surface area contributed by atoms with E-state index in [1.54, 1.807) is 12.1 Å². The van der Waals surface area contributed by atoms with Crippen LogP contribution in [0, 0.1) is 0 Å². The fourth-order valence-electron chi connectivity index (χ4n) is 3.53. The molecule has 8 nitrogen and oxygen atoms in total. The summed E-state index contributed by atoms with van der Waals surface area (Å²) in [6.45, 7) is -0.766. The van der Waals surface area contributed by atoms with Crippen molar-refractivity contribution >= 4 is 23.3 Å². The van der Waals surface area contributed by atoms with Crippen LogP contribution in [0.25, 0.3) is 0 Å². The summed E-state index contributed by atoms with van der Waals surface area (Å²) in [5.41, 5.74) is -0.152. The van der Waals surface area contributed by atoms with E-state index in [-0.39, 0.29) is 37.5 Å². The standard InChI is InChI=1S/C17H16ClF2N5O3/c18-10-1-2-11(21-7-10)8-24-16(28)25-12(3-4-13(26)14(25)22-24)15(27)23-6-5-17(19,20)9-23/h1-2,7,12H,3-6,8-9H2/t12-/m0/s1. The maximum Gasteiger partial charge on any atom is 0.347 e. The zero-order valence-electron chi connectivity index (χ0n) is 14.6. The van der Waals surface area contributed by atoms with Crippen molar-refractivity contribution in [2.75, 3.05) is 13.1 Å². The molecule has 148 valence electrons. The Morgan fingerprint density at radius 2 is 2.11 bits per heavy atom. The molecule has 1 amide bonds. The number of rotatable bonds is 3. The SMILES string of the molecule is O=C1CC[C@@H](C(=O)N2CCC(F)(F)C2)n2c1nn(Cc1ccc(Cl)cn1)c2=O. The molecule has 4 heterocycles. The first kappa shape index (κ1) is 18.7. The Kier molecular flexibility index (Phi) is 4.53. The summed E-state index contributed by atoms with van der Waals surface area (Å²) in [5, 5.41) is 4.50. The largest absolute Gasteiger partial charge is 0.347 e. The van der Waals surface area contributed by atoms with Crippen LogP contribution in [0.1, 0.15) is 41.6 Å². The number of Topliss-reactive ketones (excluding diaryl/α,β-unsaturated/α-hetero) is 1. The molecule has 0 aliphatic carbocycles. The minimum absolute atomic E-state index is 0.00796. The van der Waals surface area contributed by atoms with Crippen molar-refractivity contribution in [1.29, 1.82) is 0 Å². The summed E-state index contributed by atoms with van der Waals surface area (Å²) in [6, 6.07) is 2.21. The number of carbonyl (C=O) groups excluding carboxylic acids is 2. The highest BCUT2D eigenvalue weighted by Crippen LogP contribution is 2.31. The number of hydrogen-bond acceptors (Lipinski definition) is 5. The molecule has 0 unspecified atom stereocenters. The van der Waals surface area contributed by atoms with Gasteiger partial charge in [0.1, 0.15) is 6.04 Å². The number of amides is 1. The Morgan fingerprint density at radius 1 is 1.32 bits per heavy atom. The Labute approximate surface area is 162 Å². The van der Waals surface area contributed by atoms with Crippen LogP contribution in [0.15, 0.2) is 23.1 Å². The molecule has 0 saturated carbocycles. The van der Waals surface area contributed by atoms with Gasteiger partial charge in [-0.05, 0) is 18.6 Å². The zero-order valence-corrected chi connectivity index (χ0v) is 15.4. The topological polar surface area (TPSA) is 90.1 Å². The highest BCUT2D eigenvalue weighted by Gasteiger charge is 2.44. The summed E-state index contributed by atoms with van der Waals surface area (Å²) >= 11 is 5.79. The summed E-state index contributed by atoms with van der Waals surface area (Å²) in [7, 11) is 0. The number of aromatic nitrogens is 4. The lowest BCUT2D eigenvalue weighted by atomic mass is 10.0. The number of pyridine rings is 1. The molecule has 2 aliphatic heterocycles. The molecule has 1 saturated heterocycles. The third kappa shape index (κ3) is 3.32. The van der Waals surface area contributed by atoms with Crippen LogP contribution in [0.3, 0.4) is 0 Å². The van der Waals surface area contributed by atoms with Gasteiger partial charge in [0.2, 0.25) is 11.7 Å². The summed E-state index contributed by atoms with van der Waals surface area (Å²) < 4.78 is 29.0. The highest BCUT2D eigenvalue weighted by atomic mass is 35.5. The van der Waals surface area contributed by atoms with Gasteiger partial charge in [-0.1, -0.05) is 11.6 Å². The second-order valence-electron chi connectivity index (χ2n) is 6.94. The molecule has 4 rings (SSSR count). The molecule has 0 radical (unpaired) electrons. The molecule has 1 fully saturated rings. The molecule has 0 aromatic carbocycles. The second kappa shape index (κ2) is 6.77. The third-order valence-electron chi connectivity index (χ3n) is 4.94. The molecule has 2 aliphatic rings. The number of fused-ring (bicyclic) bond motifs is 1. The van der Waals surface area contributed by atoms with Crippen molar-refractivity contribution in [2.24, 2.45) is 0 Å². The minimum atomic E-state index is -2.93. The normalized spacial score (nSPS) is 21.0. The second-order valence-corrected chi connectivity index (χ2v) is 7.38. The molecule has 2 aromatic heterocycles. The van der Waals surface area contributed by atoms with Crippen molar-refractivity contribution in [3.63, 3.8) is 0 Å². The van der Waals surface area contributed by atoms with E-state index in [1.165, 1.54) is 6.20 Å². The first-order valence-electron chi connectivity index (χ1n) is 8.75. The average Bonchev–Trinajstić information content (AvgIpc) is 3.18. The quantitative estimate of drug-likeness (QED) is 0.764. The first-order valence-corrected chi connectivity index (χ1v) is 9.12. The van der Waals surface area contributed by atoms with Gasteiger partial charge in [0.05, 0.1) is 23.8 Å². The molecule has 28 heavy (non-hydrogen) atoms. The van der Waals surface area contributed by atoms with Crippen molar-refractivity contribution in [3.05, 3.63) is 45.4 Å². The molecular weight excluding hydrogens is 396 g/mol. The molecule has 1 atom stereocenters. The van der Waals surface area contributed by atoms with Crippen LogP contribution in [0.2, 0.25) is 5.02 Å². The number of nitrogens with zero attached hydrogens (tertiary/aromatic N) is 5. The van der Waals surface area contributed by atoms with Crippen molar-refractivity contribution in [1.82, 2.24) is 24.2 Å². The predicted octanol–water partition coefficient (Wildman–Crippen LogP) is 1.53. The Balaban J connectivity index is 1.66. The number of likely N-dealkylation sites (tertiary alicyclic amines) is 1. The highest BCUT2D eigenvalue weighted by molar-refractivity contribution is 6.30. The lowest BCUT2D eigenvalue weighted by Gasteiger charge is -2.26. The molecule has 0 bridgehead atoms. The van der Waals surface area contributed by atoms with Crippen LogP contribution < -0.4 is 5.69 Å². The van der Waals surface area contributed by atoms with Crippen molar-refractivity contribution in [2.45, 2.75) is 37.8 Å². The Morgan fingerprint density at radius 3 is 2.75 bits per heavy atom. The van der Waals surface area contributed by atoms with Crippen molar-refractivity contribution < 1.29 is 18.4 Å². The molecule has 0 N–H and O–H groups in total. The first-order chi connectivity index (χ1) is 13.2. The monoisotopic (exact) mass is 411 g/mol. The van der Waals surface area contributed by atoms with Gasteiger partial charge in [-0.15, -0.1) is 5.10 Å². The maximum atomic E-state index is 13.5. The summed E-state index contributed by atoms with van der Waals surface area (Å²) in [6.07, 6.45) is 1.12. The maximum absolute atomic E-state index is 13.5. The summed E-state index contributed by atoms with van der Waals surface area (Å²) in [4.78, 5) is 43.0. The molecule has 0 spiro atoms. The summed E-state index contributed by atoms with van der Waals surface area (Å²) in [5.74, 6) is -4.01. The van der Waals surface area contributed by atoms with Gasteiger partial charge in [-0.3, -0.25) is 19.1 Å². The van der Waals surface area contributed by atoms with Gasteiger partial charge in [0, 0.05) is 25.6 Å². The lowest BCUT2D eigenvalue weighted by molar-refractivity contribution is -0.135. The van der Waals surface area contributed by atoms with E-state index in [0.29, 0.717) is 10.7 Å². The molecule has 11 heteroatoms. The lowest BCUT2D eigenvalue weighted by Crippen LogP contribution is -2.43. The van der Waals surface area contributed by atoms with Gasteiger partial charge >= 0.3 is 5.69 Å². The van der Waals surface area contributed by atoms with Gasteiger partial charge in [0.25, 0.3) is 5.92 Å². The van der Waals surface area contributed by atoms with Crippen LogP contribution in [0.5, 0.6) is 0 Å². The molecular formula is C17H16ClF2N5O3. The van der Waals surface area contributed by atoms with E-state index < -0.39 is 36.5 Å². The Bertz CT molecular complexity index is 1000. The number of halogens is 3. The van der Waals surface area contributed by atoms with Crippen LogP contribution in [-0.4, -0.2) is 54.9 Å². The van der Waals surface area contributed by atoms with E-state index in [2.05, 4.69) is 10.1 Å². The van der Waals surface area contributed by atoms with Crippen molar-refractivity contribution in [3.8, 4) is 0 Å².